The fourth-order valence-electron chi connectivity index (χ4n) is 1.73. The van der Waals surface area contributed by atoms with Crippen LogP contribution in [0.3, 0.4) is 0 Å². The third kappa shape index (κ3) is 2.97. The van der Waals surface area contributed by atoms with Crippen molar-refractivity contribution in [1.82, 2.24) is 5.01 Å². The highest BCUT2D eigenvalue weighted by atomic mass is 127. The molecule has 4 nitrogen and oxygen atoms in total. The Hall–Kier alpha value is -0.340. The summed E-state index contributed by atoms with van der Waals surface area (Å²) < 4.78 is 14.5. The van der Waals surface area contributed by atoms with E-state index in [1.165, 1.54) is 0 Å². The Morgan fingerprint density at radius 3 is 2.89 bits per heavy atom. The highest BCUT2D eigenvalue weighted by molar-refractivity contribution is 14.1. The van der Waals surface area contributed by atoms with Gasteiger partial charge in [0.05, 0.1) is 5.69 Å². The van der Waals surface area contributed by atoms with Gasteiger partial charge in [0.15, 0.2) is 0 Å². The van der Waals surface area contributed by atoms with Gasteiger partial charge in [-0.2, -0.15) is 4.41 Å². The average molecular weight is 399 g/mol. The fourth-order valence-corrected chi connectivity index (χ4v) is 3.48. The number of benzene rings is 1. The van der Waals surface area contributed by atoms with Gasteiger partial charge in [-0.3, -0.25) is 4.79 Å². The van der Waals surface area contributed by atoms with Gasteiger partial charge in [-0.1, -0.05) is 40.3 Å². The highest BCUT2D eigenvalue weighted by Crippen LogP contribution is 2.26. The molecule has 0 radical (unpaired) electrons. The largest absolute Gasteiger partial charge is 0.272 e. The van der Waals surface area contributed by atoms with E-state index in [4.69, 9.17) is 11.6 Å². The number of hydrogen-bond acceptors (Lipinski definition) is 2. The van der Waals surface area contributed by atoms with Gasteiger partial charge in [-0.05, 0) is 24.6 Å². The number of carbonyl (C=O) groups excluding carboxylic acids is 1. The predicted molar refractivity (Wildman–Crippen MR) is 82.2 cm³/mol. The second-order valence-corrected chi connectivity index (χ2v) is 6.57. The first-order valence-corrected chi connectivity index (χ1v) is 8.62. The monoisotopic (exact) mass is 398 g/mol. The number of anilines is 1. The number of carbonyl (C=O) groups is 1. The number of hydrogen-bond donors (Lipinski definition) is 0. The van der Waals surface area contributed by atoms with Crippen molar-refractivity contribution in [2.24, 2.45) is 0 Å². The van der Waals surface area contributed by atoms with Crippen LogP contribution in [0.15, 0.2) is 24.3 Å². The maximum atomic E-state index is 12.0. The first-order valence-electron chi connectivity index (χ1n) is 5.44. The molecule has 0 N–H and O–H groups in total. The lowest BCUT2D eigenvalue weighted by atomic mass is 10.3. The van der Waals surface area contributed by atoms with E-state index in [2.05, 4.69) is 22.6 Å². The molecule has 7 heteroatoms. The van der Waals surface area contributed by atoms with E-state index in [1.807, 2.05) is 0 Å². The van der Waals surface area contributed by atoms with E-state index >= 15 is 0 Å². The van der Waals surface area contributed by atoms with Crippen LogP contribution in [0.2, 0.25) is 5.02 Å². The van der Waals surface area contributed by atoms with Crippen molar-refractivity contribution in [2.45, 2.75) is 6.42 Å². The smallest absolute Gasteiger partial charge is 0.256 e. The third-order valence-electron chi connectivity index (χ3n) is 2.48. The lowest BCUT2D eigenvalue weighted by Crippen LogP contribution is -2.40. The van der Waals surface area contributed by atoms with Gasteiger partial charge in [-0.25, -0.2) is 9.22 Å². The molecule has 18 heavy (non-hydrogen) atoms. The number of alkyl halides is 1. The minimum Gasteiger partial charge on any atom is -0.272 e. The molecule has 1 amide bonds. The zero-order valence-electron chi connectivity index (χ0n) is 9.51. The first kappa shape index (κ1) is 14.1. The standard InChI is InChI=1S/C11H12ClIN2O2S/c12-9-3-1-4-10(7-9)15-14(6-2-5-13)11(16)8-18(15)17/h1,3-4,7H,2,5-6,8H2. The molecule has 0 bridgehead atoms. The molecule has 0 saturated carbocycles. The minimum absolute atomic E-state index is 0.0494. The van der Waals surface area contributed by atoms with Crippen LogP contribution in [-0.4, -0.2) is 31.9 Å². The van der Waals surface area contributed by atoms with Crippen molar-refractivity contribution in [2.75, 3.05) is 21.1 Å². The summed E-state index contributed by atoms with van der Waals surface area (Å²) in [5, 5.41) is 2.12. The second kappa shape index (κ2) is 6.21. The van der Waals surface area contributed by atoms with Crippen molar-refractivity contribution < 1.29 is 9.00 Å². The average Bonchev–Trinajstić information content (AvgIpc) is 2.61. The van der Waals surface area contributed by atoms with Gasteiger partial charge in [0.2, 0.25) is 0 Å². The van der Waals surface area contributed by atoms with Crippen molar-refractivity contribution in [3.63, 3.8) is 0 Å². The second-order valence-electron chi connectivity index (χ2n) is 3.78. The van der Waals surface area contributed by atoms with E-state index in [-0.39, 0.29) is 11.7 Å². The molecule has 1 atom stereocenters. The Balaban J connectivity index is 2.27. The maximum Gasteiger partial charge on any atom is 0.256 e. The minimum atomic E-state index is -1.33. The molecule has 0 aromatic heterocycles. The van der Waals surface area contributed by atoms with Crippen LogP contribution in [-0.2, 0) is 15.8 Å². The Morgan fingerprint density at radius 1 is 1.44 bits per heavy atom. The molecule has 0 spiro atoms. The molecule has 1 fully saturated rings. The van der Waals surface area contributed by atoms with Crippen LogP contribution in [0.5, 0.6) is 0 Å². The highest BCUT2D eigenvalue weighted by Gasteiger charge is 2.35. The number of rotatable bonds is 4. The molecule has 1 aliphatic rings. The molecule has 2 rings (SSSR count). The molecule has 0 aliphatic carbocycles. The summed E-state index contributed by atoms with van der Waals surface area (Å²) in [6.07, 6.45) is 0.876. The fraction of sp³-hybridized carbons (Fsp3) is 0.364. The van der Waals surface area contributed by atoms with Crippen molar-refractivity contribution in [1.29, 1.82) is 0 Å². The number of nitrogens with zero attached hydrogens (tertiary/aromatic N) is 2. The Morgan fingerprint density at radius 2 is 2.22 bits per heavy atom. The Labute approximate surface area is 127 Å². The van der Waals surface area contributed by atoms with Crippen LogP contribution < -0.4 is 4.41 Å². The predicted octanol–water partition coefficient (Wildman–Crippen LogP) is 2.39. The molecule has 1 unspecified atom stereocenters. The van der Waals surface area contributed by atoms with E-state index in [9.17, 15) is 9.00 Å². The summed E-state index contributed by atoms with van der Waals surface area (Å²) >= 11 is 8.19. The summed E-state index contributed by atoms with van der Waals surface area (Å²) in [4.78, 5) is 11.8. The first-order chi connectivity index (χ1) is 8.63. The number of hydrazine groups is 1. The topological polar surface area (TPSA) is 40.6 Å². The van der Waals surface area contributed by atoms with Crippen molar-refractivity contribution >= 4 is 56.8 Å². The van der Waals surface area contributed by atoms with Gasteiger partial charge in [-0.15, -0.1) is 0 Å². The molecule has 1 aromatic rings. The molecule has 1 heterocycles. The molecule has 1 aromatic carbocycles. The Kier molecular flexibility index (Phi) is 4.85. The van der Waals surface area contributed by atoms with Gasteiger partial charge >= 0.3 is 0 Å². The van der Waals surface area contributed by atoms with E-state index < -0.39 is 11.0 Å². The number of amides is 1. The summed E-state index contributed by atoms with van der Waals surface area (Å²) in [5.74, 6) is -0.0496. The van der Waals surface area contributed by atoms with Crippen LogP contribution in [0.1, 0.15) is 6.42 Å². The van der Waals surface area contributed by atoms with Gasteiger partial charge in [0.25, 0.3) is 5.91 Å². The molecule has 1 saturated heterocycles. The third-order valence-corrected chi connectivity index (χ3v) is 4.77. The van der Waals surface area contributed by atoms with E-state index in [1.54, 1.807) is 33.7 Å². The lowest BCUT2D eigenvalue weighted by molar-refractivity contribution is -0.127. The van der Waals surface area contributed by atoms with Gasteiger partial charge in [0.1, 0.15) is 16.7 Å². The zero-order chi connectivity index (χ0) is 13.1. The molecular formula is C11H12ClIN2O2S. The quantitative estimate of drug-likeness (QED) is 0.577. The summed E-state index contributed by atoms with van der Waals surface area (Å²) in [6, 6.07) is 7.06. The van der Waals surface area contributed by atoms with Crippen molar-refractivity contribution in [3.05, 3.63) is 29.3 Å². The molecule has 98 valence electrons. The van der Waals surface area contributed by atoms with Crippen LogP contribution in [0, 0.1) is 0 Å². The van der Waals surface area contributed by atoms with Gasteiger partial charge < -0.3 is 0 Å². The molecule has 1 aliphatic heterocycles. The maximum absolute atomic E-state index is 12.0. The summed E-state index contributed by atoms with van der Waals surface area (Å²) in [7, 11) is -1.33. The summed E-state index contributed by atoms with van der Waals surface area (Å²) in [6.45, 7) is 0.583. The molecular weight excluding hydrogens is 387 g/mol. The normalized spacial score (nSPS) is 19.7. The van der Waals surface area contributed by atoms with E-state index in [0.717, 1.165) is 10.8 Å². The van der Waals surface area contributed by atoms with Crippen LogP contribution in [0.4, 0.5) is 5.69 Å². The Bertz CT molecular complexity index is 486. The van der Waals surface area contributed by atoms with Crippen LogP contribution in [0.25, 0.3) is 0 Å². The lowest BCUT2D eigenvalue weighted by Gasteiger charge is -2.27. The SMILES string of the molecule is O=C1CS(=O)N(c2cccc(Cl)c2)N1CCCI. The summed E-state index contributed by atoms with van der Waals surface area (Å²) in [5.41, 5.74) is 0.695. The van der Waals surface area contributed by atoms with Crippen molar-refractivity contribution in [3.8, 4) is 0 Å². The van der Waals surface area contributed by atoms with Gasteiger partial charge in [0, 0.05) is 16.0 Å². The zero-order valence-corrected chi connectivity index (χ0v) is 13.2. The number of halogens is 2. The van der Waals surface area contributed by atoms with E-state index in [0.29, 0.717) is 17.3 Å². The van der Waals surface area contributed by atoms with Crippen LogP contribution >= 0.6 is 34.2 Å².